The van der Waals surface area contributed by atoms with Gasteiger partial charge in [0.25, 0.3) is 0 Å². The zero-order chi connectivity index (χ0) is 53.8. The quantitative estimate of drug-likeness (QED) is 0.114. The van der Waals surface area contributed by atoms with Crippen LogP contribution in [0.2, 0.25) is 0 Å². The van der Waals surface area contributed by atoms with Crippen LogP contribution in [0.25, 0.3) is 90.5 Å². The number of hydrogen-bond acceptors (Lipinski definition) is 19. The van der Waals surface area contributed by atoms with Crippen molar-refractivity contribution in [1.29, 1.82) is 21.0 Å². The summed E-state index contributed by atoms with van der Waals surface area (Å²) in [5.74, 6) is 2.56. The van der Waals surface area contributed by atoms with Gasteiger partial charge in [-0.3, -0.25) is 14.6 Å². The van der Waals surface area contributed by atoms with Crippen molar-refractivity contribution >= 4 is 154 Å². The number of hydrogen-bond donors (Lipinski definition) is 0. The Morgan fingerprint density at radius 1 is 0.538 bits per heavy atom. The average molecular weight is 1160 g/mol. The molecule has 0 atom stereocenters. The number of pyridine rings is 1. The van der Waals surface area contributed by atoms with E-state index in [9.17, 15) is 30.6 Å². The van der Waals surface area contributed by atoms with Crippen molar-refractivity contribution in [1.82, 2.24) is 4.98 Å². The molecule has 0 spiro atoms. The number of Topliss-reactive ketones (excluding diaryl/α,β-unsaturated/α-hetero) is 2. The Morgan fingerprint density at radius 2 is 0.987 bits per heavy atom. The lowest BCUT2D eigenvalue weighted by atomic mass is 9.95. The van der Waals surface area contributed by atoms with Crippen LogP contribution in [0, 0.1) is 45.3 Å². The van der Waals surface area contributed by atoms with Gasteiger partial charge >= 0.3 is 0 Å². The largest absolute Gasteiger partial charge is 0.495 e. The first-order valence-corrected chi connectivity index (χ1v) is 30.4. The third-order valence-electron chi connectivity index (χ3n) is 14.1. The van der Waals surface area contributed by atoms with Crippen LogP contribution in [-0.2, 0) is 11.2 Å². The highest BCUT2D eigenvalue weighted by molar-refractivity contribution is 7.38. The standard InChI is InChI=1S/C59H31N5O6S8/c1-58(2)42-50-38(17-36(73-50)48-34(67-5)15-26(71-48)13-31-40(24(19-60)20-61)28-9-7-8-10-30(28)44(31)65)75-52(42)54-46(69-58)56-57(77-54)47-55(78-56)53-43(59(3,4)70-47)51-39(76-53)18-37(74-51)49-35(68-6)16-27(72-49)14-32-41(25(21-62)22-63)29-11-12-64-23-33(29)45(32)66/h7-18,23H,1-6H3/b31-13-,32-14-. The van der Waals surface area contributed by atoms with Crippen molar-refractivity contribution < 1.29 is 28.5 Å². The van der Waals surface area contributed by atoms with E-state index in [-0.39, 0.29) is 28.3 Å². The zero-order valence-electron chi connectivity index (χ0n) is 41.5. The van der Waals surface area contributed by atoms with Gasteiger partial charge in [-0.1, -0.05) is 24.3 Å². The Labute approximate surface area is 476 Å². The number of benzene rings is 1. The van der Waals surface area contributed by atoms with Crippen LogP contribution in [0.1, 0.15) is 80.4 Å². The summed E-state index contributed by atoms with van der Waals surface area (Å²) in [4.78, 5) is 41.5. The molecule has 0 bridgehead atoms. The highest BCUT2D eigenvalue weighted by Crippen LogP contribution is 2.67. The molecule has 78 heavy (non-hydrogen) atoms. The fourth-order valence-electron chi connectivity index (χ4n) is 10.9. The lowest BCUT2D eigenvalue weighted by Gasteiger charge is -2.32. The number of ether oxygens (including phenoxy) is 4. The molecule has 0 radical (unpaired) electrons. The number of fused-ring (bicyclic) bond motifs is 15. The van der Waals surface area contributed by atoms with Crippen LogP contribution in [0.15, 0.2) is 89.3 Å². The second kappa shape index (κ2) is 17.4. The molecule has 4 aliphatic rings. The molecule has 2 aliphatic heterocycles. The summed E-state index contributed by atoms with van der Waals surface area (Å²) in [6.07, 6.45) is 6.54. The molecule has 9 aromatic heterocycles. The topological polar surface area (TPSA) is 179 Å². The van der Waals surface area contributed by atoms with Crippen molar-refractivity contribution in [3.63, 3.8) is 0 Å². The molecule has 11 nitrogen and oxygen atoms in total. The van der Waals surface area contributed by atoms with Gasteiger partial charge in [-0.2, -0.15) is 21.0 Å². The van der Waals surface area contributed by atoms with Crippen molar-refractivity contribution in [2.75, 3.05) is 14.2 Å². The van der Waals surface area contributed by atoms with E-state index >= 15 is 0 Å². The molecule has 11 heterocycles. The highest BCUT2D eigenvalue weighted by atomic mass is 32.1. The molecule has 14 rings (SSSR count). The molecule has 19 heteroatoms. The van der Waals surface area contributed by atoms with E-state index in [2.05, 4.69) is 44.8 Å². The molecule has 0 amide bonds. The Hall–Kier alpha value is -7.79. The zero-order valence-corrected chi connectivity index (χ0v) is 48.0. The fraction of sp³-hybridized carbons (Fsp3) is 0.136. The summed E-state index contributed by atoms with van der Waals surface area (Å²) >= 11 is 13.3. The first-order chi connectivity index (χ1) is 37.7. The molecule has 376 valence electrons. The van der Waals surface area contributed by atoms with Gasteiger partial charge in [0.1, 0.15) is 58.1 Å². The van der Waals surface area contributed by atoms with E-state index in [0.29, 0.717) is 50.5 Å². The molecule has 0 saturated heterocycles. The minimum Gasteiger partial charge on any atom is -0.495 e. The Kier molecular flexibility index (Phi) is 10.8. The number of methoxy groups -OCH3 is 2. The van der Waals surface area contributed by atoms with Gasteiger partial charge in [-0.05, 0) is 81.3 Å². The maximum absolute atomic E-state index is 13.7. The van der Waals surface area contributed by atoms with Crippen molar-refractivity contribution in [2.24, 2.45) is 0 Å². The number of nitrogens with zero attached hydrogens (tertiary/aromatic N) is 5. The van der Waals surface area contributed by atoms with Crippen molar-refractivity contribution in [3.8, 4) is 86.3 Å². The van der Waals surface area contributed by atoms with Crippen molar-refractivity contribution in [2.45, 2.75) is 38.9 Å². The lowest BCUT2D eigenvalue weighted by molar-refractivity contribution is 0.103. The third-order valence-corrected chi connectivity index (χ3v) is 24.3. The van der Waals surface area contributed by atoms with Gasteiger partial charge in [0.05, 0.1) is 72.0 Å². The van der Waals surface area contributed by atoms with E-state index in [4.69, 9.17) is 18.9 Å². The maximum Gasteiger partial charge on any atom is 0.195 e. The van der Waals surface area contributed by atoms with Gasteiger partial charge in [-0.15, -0.1) is 90.7 Å². The molecule has 10 aromatic rings. The van der Waals surface area contributed by atoms with Crippen LogP contribution in [0.5, 0.6) is 23.0 Å². The molecule has 0 N–H and O–H groups in total. The molecule has 1 aromatic carbocycles. The minimum absolute atomic E-state index is 0.104. The van der Waals surface area contributed by atoms with Gasteiger partial charge < -0.3 is 18.9 Å². The fourth-order valence-corrected chi connectivity index (χ4v) is 21.9. The van der Waals surface area contributed by atoms with Crippen LogP contribution >= 0.6 is 90.7 Å². The second-order valence-corrected chi connectivity index (χ2v) is 27.8. The van der Waals surface area contributed by atoms with E-state index in [1.165, 1.54) is 38.6 Å². The molecule has 2 aliphatic carbocycles. The first-order valence-electron chi connectivity index (χ1n) is 23.8. The smallest absolute Gasteiger partial charge is 0.195 e. The summed E-state index contributed by atoms with van der Waals surface area (Å²) in [6.45, 7) is 8.53. The minimum atomic E-state index is -0.676. The van der Waals surface area contributed by atoms with Crippen LogP contribution in [0.4, 0.5) is 0 Å². The van der Waals surface area contributed by atoms with Gasteiger partial charge in [0.15, 0.2) is 23.1 Å². The lowest BCUT2D eigenvalue weighted by Crippen LogP contribution is -2.27. The van der Waals surface area contributed by atoms with Gasteiger partial charge in [0.2, 0.25) is 0 Å². The third kappa shape index (κ3) is 6.84. The summed E-state index contributed by atoms with van der Waals surface area (Å²) in [7, 11) is 3.26. The number of allylic oxidation sites excluding steroid dienone is 6. The van der Waals surface area contributed by atoms with Gasteiger partial charge in [-0.25, -0.2) is 0 Å². The molecular weight excluding hydrogens is 1130 g/mol. The predicted molar refractivity (Wildman–Crippen MR) is 316 cm³/mol. The summed E-state index contributed by atoms with van der Waals surface area (Å²) in [6, 6.07) is 24.9. The molecule has 0 fully saturated rings. The number of rotatable bonds is 6. The Balaban J connectivity index is 0.807. The second-order valence-electron chi connectivity index (χ2n) is 19.4. The molecule has 0 unspecified atom stereocenters. The average Bonchev–Trinajstić information content (AvgIpc) is 4.45. The van der Waals surface area contributed by atoms with Gasteiger partial charge in [0, 0.05) is 76.1 Å². The summed E-state index contributed by atoms with van der Waals surface area (Å²) in [5.41, 5.74) is 3.88. The number of aromatic nitrogens is 1. The number of nitriles is 4. The van der Waals surface area contributed by atoms with Crippen LogP contribution in [0.3, 0.4) is 0 Å². The maximum atomic E-state index is 13.7. The highest BCUT2D eigenvalue weighted by Gasteiger charge is 2.45. The van der Waals surface area contributed by atoms with E-state index in [0.717, 1.165) is 89.8 Å². The van der Waals surface area contributed by atoms with Crippen LogP contribution in [-0.4, -0.2) is 30.8 Å². The number of ketones is 2. The van der Waals surface area contributed by atoms with Crippen LogP contribution < -0.4 is 18.9 Å². The summed E-state index contributed by atoms with van der Waals surface area (Å²) in [5, 5.41) is 39.5. The Bertz CT molecular complexity index is 4430. The monoisotopic (exact) mass is 1160 g/mol. The Morgan fingerprint density at radius 3 is 1.45 bits per heavy atom. The predicted octanol–water partition coefficient (Wildman–Crippen LogP) is 17.1. The van der Waals surface area contributed by atoms with E-state index < -0.39 is 11.2 Å². The van der Waals surface area contributed by atoms with Crippen molar-refractivity contribution in [3.05, 3.63) is 132 Å². The molecule has 0 saturated carbocycles. The first kappa shape index (κ1) is 48.6. The summed E-state index contributed by atoms with van der Waals surface area (Å²) < 4.78 is 32.8. The normalized spacial score (nSPS) is 16.2. The number of thiophene rings is 8. The number of carbonyl (C=O) groups is 2. The van der Waals surface area contributed by atoms with E-state index in [1.807, 2.05) is 36.4 Å². The SMILES string of the molecule is COc1cc(/C=C2\C(=O)c3ccccc3C2=C(C#N)C#N)sc1-c1cc2sc3c(c2s1)C(C)(C)Oc1c-3sc2c3c(sc12)-c1sc2cc(-c4sc(/C=C5\C(=O)c6cnccc6C5=C(C#N)C#N)cc4OC)sc2c1C(C)(C)O3. The van der Waals surface area contributed by atoms with E-state index in [1.54, 1.807) is 131 Å². The number of carbonyl (C=O) groups excluding carboxylic acids is 2. The molecular formula is C59H31N5O6S8.